The second-order valence-electron chi connectivity index (χ2n) is 10.7. The Kier molecular flexibility index (Phi) is 5.07. The van der Waals surface area contributed by atoms with E-state index in [0.29, 0.717) is 11.8 Å². The van der Waals surface area contributed by atoms with Crippen molar-refractivity contribution < 1.29 is 19.1 Å². The van der Waals surface area contributed by atoms with Crippen molar-refractivity contribution >= 4 is 45.3 Å². The number of hydrogen-bond acceptors (Lipinski definition) is 8. The summed E-state index contributed by atoms with van der Waals surface area (Å²) in [5, 5.41) is 2.94. The van der Waals surface area contributed by atoms with E-state index >= 15 is 0 Å². The van der Waals surface area contributed by atoms with Gasteiger partial charge in [-0.1, -0.05) is 12.8 Å². The maximum Gasteiger partial charge on any atom is 0.237 e. The molecule has 10 nitrogen and oxygen atoms in total. The summed E-state index contributed by atoms with van der Waals surface area (Å²) < 4.78 is 10.4. The quantitative estimate of drug-likeness (QED) is 0.417. The monoisotopic (exact) mass is 524 g/mol. The number of nitrogens with zero attached hydrogens (tertiary/aromatic N) is 5. The lowest BCUT2D eigenvalue weighted by atomic mass is 9.65. The van der Waals surface area contributed by atoms with Gasteiger partial charge in [0, 0.05) is 30.3 Å². The van der Waals surface area contributed by atoms with Gasteiger partial charge in [0.15, 0.2) is 0 Å². The summed E-state index contributed by atoms with van der Waals surface area (Å²) >= 11 is 0. The van der Waals surface area contributed by atoms with E-state index in [2.05, 4.69) is 25.3 Å². The highest BCUT2D eigenvalue weighted by molar-refractivity contribution is 6.12. The van der Waals surface area contributed by atoms with Crippen molar-refractivity contribution in [3.8, 4) is 11.8 Å². The fraction of sp³-hybridized carbons (Fsp3) is 0.379. The first kappa shape index (κ1) is 23.8. The number of aromatic nitrogens is 4. The highest BCUT2D eigenvalue weighted by Gasteiger charge is 2.55. The molecule has 1 N–H and O–H groups in total. The molecule has 10 heteroatoms. The van der Waals surface area contributed by atoms with E-state index in [0.717, 1.165) is 83.1 Å². The predicted molar refractivity (Wildman–Crippen MR) is 145 cm³/mol. The first-order chi connectivity index (χ1) is 18.9. The number of anilines is 2. The van der Waals surface area contributed by atoms with Crippen LogP contribution >= 0.6 is 0 Å². The molecule has 0 radical (unpaired) electrons. The molecule has 2 saturated carbocycles. The molecule has 4 aliphatic rings. The number of nitrogens with one attached hydrogen (secondary N) is 1. The van der Waals surface area contributed by atoms with Crippen LogP contribution < -0.4 is 19.7 Å². The molecule has 0 unspecified atom stereocenters. The molecule has 8 rings (SSSR count). The molecular formula is C29H28N6O4. The van der Waals surface area contributed by atoms with Crippen LogP contribution in [0.2, 0.25) is 0 Å². The van der Waals surface area contributed by atoms with Crippen LogP contribution in [0.4, 0.5) is 11.4 Å². The van der Waals surface area contributed by atoms with Gasteiger partial charge in [0.1, 0.15) is 0 Å². The number of rotatable bonds is 2. The van der Waals surface area contributed by atoms with Crippen LogP contribution in [-0.2, 0) is 20.4 Å². The Morgan fingerprint density at radius 2 is 1.36 bits per heavy atom. The zero-order valence-corrected chi connectivity index (χ0v) is 22.1. The number of methoxy groups -OCH3 is 2. The van der Waals surface area contributed by atoms with Gasteiger partial charge in [0.2, 0.25) is 23.6 Å². The minimum Gasteiger partial charge on any atom is -0.481 e. The van der Waals surface area contributed by atoms with Gasteiger partial charge in [-0.3, -0.25) is 19.6 Å². The van der Waals surface area contributed by atoms with Crippen molar-refractivity contribution in [1.82, 2.24) is 19.9 Å². The SMILES string of the molecule is COc1ccc2ncc3c(c2n1)C1(CCC1)C(=O)N3.COc1ccc2ncc3c(c2n1)C1(CCC1)C(=O)N3C. The summed E-state index contributed by atoms with van der Waals surface area (Å²) in [6.45, 7) is 0. The number of carbonyl (C=O) groups is 2. The van der Waals surface area contributed by atoms with Gasteiger partial charge in [-0.2, -0.15) is 0 Å². The Morgan fingerprint density at radius 1 is 0.795 bits per heavy atom. The third-order valence-corrected chi connectivity index (χ3v) is 8.90. The molecule has 6 heterocycles. The van der Waals surface area contributed by atoms with Crippen LogP contribution in [0.5, 0.6) is 11.8 Å². The topological polar surface area (TPSA) is 119 Å². The van der Waals surface area contributed by atoms with Crippen molar-refractivity contribution in [3.05, 3.63) is 47.8 Å². The molecule has 2 amide bonds. The van der Waals surface area contributed by atoms with Crippen LogP contribution in [0.1, 0.15) is 49.7 Å². The molecule has 0 saturated heterocycles. The summed E-state index contributed by atoms with van der Waals surface area (Å²) in [4.78, 5) is 44.4. The first-order valence-electron chi connectivity index (χ1n) is 13.2. The van der Waals surface area contributed by atoms with E-state index < -0.39 is 0 Å². The zero-order valence-electron chi connectivity index (χ0n) is 22.1. The zero-order chi connectivity index (χ0) is 26.9. The van der Waals surface area contributed by atoms with Gasteiger partial charge in [0.25, 0.3) is 0 Å². The third-order valence-electron chi connectivity index (χ3n) is 8.90. The van der Waals surface area contributed by atoms with Crippen molar-refractivity contribution in [3.63, 3.8) is 0 Å². The number of likely N-dealkylation sites (N-methyl/N-ethyl adjacent to an activating group) is 1. The molecule has 198 valence electrons. The Hall–Kier alpha value is -4.34. The lowest BCUT2D eigenvalue weighted by Crippen LogP contribution is -2.44. The van der Waals surface area contributed by atoms with E-state index in [4.69, 9.17) is 9.47 Å². The van der Waals surface area contributed by atoms with Crippen LogP contribution in [-0.4, -0.2) is 53.0 Å². The van der Waals surface area contributed by atoms with Gasteiger partial charge < -0.3 is 19.7 Å². The van der Waals surface area contributed by atoms with E-state index in [1.807, 2.05) is 19.2 Å². The maximum atomic E-state index is 12.6. The summed E-state index contributed by atoms with van der Waals surface area (Å²) in [6, 6.07) is 7.38. The van der Waals surface area contributed by atoms with Crippen LogP contribution in [0.3, 0.4) is 0 Å². The lowest BCUT2D eigenvalue weighted by Gasteiger charge is -2.36. The molecule has 0 atom stereocenters. The molecule has 2 aliphatic carbocycles. The smallest absolute Gasteiger partial charge is 0.237 e. The fourth-order valence-electron chi connectivity index (χ4n) is 6.51. The van der Waals surface area contributed by atoms with E-state index in [9.17, 15) is 9.59 Å². The number of pyridine rings is 4. The van der Waals surface area contributed by atoms with Crippen molar-refractivity contribution in [1.29, 1.82) is 0 Å². The van der Waals surface area contributed by atoms with Crippen LogP contribution in [0, 0.1) is 0 Å². The second kappa shape index (κ2) is 8.33. The summed E-state index contributed by atoms with van der Waals surface area (Å²) in [5.74, 6) is 1.38. The molecule has 0 bridgehead atoms. The number of amides is 2. The molecule has 2 aliphatic heterocycles. The van der Waals surface area contributed by atoms with E-state index in [1.165, 1.54) is 0 Å². The molecule has 0 aromatic carbocycles. The summed E-state index contributed by atoms with van der Waals surface area (Å²) in [5.41, 5.74) is 6.21. The normalized spacial score (nSPS) is 19.2. The number of hydrogen-bond donors (Lipinski definition) is 1. The standard InChI is InChI=1S/C15H15N3O2.C14H13N3O2/c1-18-10-8-16-9-4-5-11(20-2)17-13(9)12(10)15(14(18)19)6-3-7-15;1-19-10-4-3-8-12(17-10)11-9(7-15-8)16-13(18)14(11)5-2-6-14/h4-5,8H,3,6-7H2,1-2H3;3-4,7H,2,5-6H2,1H3,(H,16,18). The van der Waals surface area contributed by atoms with E-state index in [-0.39, 0.29) is 22.6 Å². The molecule has 4 aromatic rings. The minimum absolute atomic E-state index is 0.0904. The summed E-state index contributed by atoms with van der Waals surface area (Å²) in [7, 11) is 5.01. The van der Waals surface area contributed by atoms with Crippen molar-refractivity contribution in [2.75, 3.05) is 31.5 Å². The maximum absolute atomic E-state index is 12.6. The Morgan fingerprint density at radius 3 is 1.90 bits per heavy atom. The first-order valence-corrected chi connectivity index (χ1v) is 13.2. The van der Waals surface area contributed by atoms with Crippen LogP contribution in [0.25, 0.3) is 22.1 Å². The van der Waals surface area contributed by atoms with Gasteiger partial charge in [-0.25, -0.2) is 9.97 Å². The Bertz CT molecular complexity index is 1690. The molecule has 2 spiro atoms. The largest absolute Gasteiger partial charge is 0.481 e. The summed E-state index contributed by atoms with van der Waals surface area (Å²) in [6.07, 6.45) is 9.29. The van der Waals surface area contributed by atoms with Gasteiger partial charge in [-0.15, -0.1) is 0 Å². The Balaban J connectivity index is 0.000000130. The number of carbonyl (C=O) groups excluding carboxylic acids is 2. The highest BCUT2D eigenvalue weighted by atomic mass is 16.5. The highest BCUT2D eigenvalue weighted by Crippen LogP contribution is 2.55. The lowest BCUT2D eigenvalue weighted by molar-refractivity contribution is -0.125. The molecule has 2 fully saturated rings. The van der Waals surface area contributed by atoms with E-state index in [1.54, 1.807) is 43.6 Å². The van der Waals surface area contributed by atoms with Gasteiger partial charge in [0.05, 0.1) is 70.9 Å². The van der Waals surface area contributed by atoms with Crippen LogP contribution in [0.15, 0.2) is 36.7 Å². The average molecular weight is 525 g/mol. The minimum atomic E-state index is -0.379. The molecular weight excluding hydrogens is 496 g/mol. The van der Waals surface area contributed by atoms with Crippen molar-refractivity contribution in [2.45, 2.75) is 49.4 Å². The second-order valence-corrected chi connectivity index (χ2v) is 10.7. The third kappa shape index (κ3) is 3.14. The molecule has 4 aromatic heterocycles. The average Bonchev–Trinajstić information content (AvgIpc) is 3.36. The number of ether oxygens (including phenoxy) is 2. The molecule has 39 heavy (non-hydrogen) atoms. The Labute approximate surface area is 224 Å². The predicted octanol–water partition coefficient (Wildman–Crippen LogP) is 4.05. The van der Waals surface area contributed by atoms with Crippen molar-refractivity contribution in [2.24, 2.45) is 0 Å². The number of fused-ring (bicyclic) bond motifs is 8. The fourth-order valence-corrected chi connectivity index (χ4v) is 6.51. The van der Waals surface area contributed by atoms with Gasteiger partial charge >= 0.3 is 0 Å². The van der Waals surface area contributed by atoms with Gasteiger partial charge in [-0.05, 0) is 37.8 Å².